The van der Waals surface area contributed by atoms with Crippen LogP contribution in [0.2, 0.25) is 0 Å². The molecule has 160 valence electrons. The van der Waals surface area contributed by atoms with E-state index in [-0.39, 0.29) is 23.5 Å². The summed E-state index contributed by atoms with van der Waals surface area (Å²) in [5, 5.41) is 5.57. The largest absolute Gasteiger partial charge is 0.493 e. The Morgan fingerprint density at radius 3 is 2.40 bits per heavy atom. The van der Waals surface area contributed by atoms with Crippen LogP contribution in [0.25, 0.3) is 0 Å². The number of thioether (sulfide) groups is 1. The van der Waals surface area contributed by atoms with Gasteiger partial charge in [0.05, 0.1) is 12.2 Å². The number of nitrogens with zero attached hydrogens (tertiary/aromatic N) is 1. The first-order valence-corrected chi connectivity index (χ1v) is 10.5. The molecule has 0 saturated heterocycles. The van der Waals surface area contributed by atoms with Gasteiger partial charge in [-0.3, -0.25) is 14.4 Å². The molecule has 0 atom stereocenters. The van der Waals surface area contributed by atoms with Gasteiger partial charge in [-0.25, -0.2) is 0 Å². The Kier molecular flexibility index (Phi) is 9.21. The van der Waals surface area contributed by atoms with E-state index >= 15 is 0 Å². The van der Waals surface area contributed by atoms with E-state index in [9.17, 15) is 14.4 Å². The van der Waals surface area contributed by atoms with Crippen molar-refractivity contribution in [2.24, 2.45) is 0 Å². The molecular weight excluding hydrogens is 402 g/mol. The number of hydrogen-bond acceptors (Lipinski definition) is 5. The van der Waals surface area contributed by atoms with Gasteiger partial charge in [-0.2, -0.15) is 0 Å². The maximum absolute atomic E-state index is 12.3. The van der Waals surface area contributed by atoms with E-state index < -0.39 is 0 Å². The lowest BCUT2D eigenvalue weighted by molar-refractivity contribution is -0.116. The van der Waals surface area contributed by atoms with Crippen molar-refractivity contribution in [3.63, 3.8) is 0 Å². The predicted molar refractivity (Wildman–Crippen MR) is 119 cm³/mol. The summed E-state index contributed by atoms with van der Waals surface area (Å²) in [5.41, 5.74) is 1.14. The van der Waals surface area contributed by atoms with Crippen molar-refractivity contribution in [2.45, 2.75) is 24.7 Å². The van der Waals surface area contributed by atoms with E-state index in [2.05, 4.69) is 10.6 Å². The maximum Gasteiger partial charge on any atom is 0.285 e. The maximum atomic E-state index is 12.3. The fraction of sp³-hybridized carbons (Fsp3) is 0.318. The van der Waals surface area contributed by atoms with Gasteiger partial charge in [-0.05, 0) is 61.5 Å². The Balaban J connectivity index is 1.74. The van der Waals surface area contributed by atoms with E-state index in [1.807, 2.05) is 13.0 Å². The van der Waals surface area contributed by atoms with Crippen LogP contribution in [0.15, 0.2) is 53.4 Å². The number of nitrogens with one attached hydrogen (secondary N) is 2. The highest BCUT2D eigenvalue weighted by Gasteiger charge is 2.12. The van der Waals surface area contributed by atoms with Gasteiger partial charge in [0.1, 0.15) is 5.75 Å². The van der Waals surface area contributed by atoms with Gasteiger partial charge in [0.25, 0.3) is 11.1 Å². The molecule has 3 amide bonds. The van der Waals surface area contributed by atoms with E-state index in [4.69, 9.17) is 4.74 Å². The van der Waals surface area contributed by atoms with Crippen molar-refractivity contribution in [2.75, 3.05) is 32.6 Å². The minimum atomic E-state index is -0.222. The lowest BCUT2D eigenvalue weighted by atomic mass is 10.2. The number of carbonyl (C=O) groups is 3. The Labute approximate surface area is 181 Å². The van der Waals surface area contributed by atoms with Crippen LogP contribution in [0.1, 0.15) is 30.1 Å². The molecule has 0 heterocycles. The second kappa shape index (κ2) is 11.9. The molecule has 2 rings (SSSR count). The van der Waals surface area contributed by atoms with Crippen LogP contribution in [0.4, 0.5) is 10.5 Å². The van der Waals surface area contributed by atoms with Gasteiger partial charge in [0.15, 0.2) is 0 Å². The van der Waals surface area contributed by atoms with Gasteiger partial charge in [-0.1, -0.05) is 12.1 Å². The second-order valence-corrected chi connectivity index (χ2v) is 7.65. The third-order valence-electron chi connectivity index (χ3n) is 4.01. The summed E-state index contributed by atoms with van der Waals surface area (Å²) in [5.74, 6) is 0.188. The summed E-state index contributed by atoms with van der Waals surface area (Å²) in [6.07, 6.45) is 0.794. The standard InChI is InChI=1S/C22H27N3O4S/c1-4-29-19-9-6-5-8-18(19)21(27)23-15-7-10-20(26)24-16-11-13-17(14-12-16)30-22(28)25(2)3/h5-6,8-9,11-14H,4,7,10,15H2,1-3H3,(H,23,27)(H,24,26). The lowest BCUT2D eigenvalue weighted by Crippen LogP contribution is -2.26. The zero-order valence-electron chi connectivity index (χ0n) is 17.4. The number of amides is 3. The number of hydrogen-bond donors (Lipinski definition) is 2. The minimum Gasteiger partial charge on any atom is -0.493 e. The second-order valence-electron chi connectivity index (χ2n) is 6.62. The summed E-state index contributed by atoms with van der Waals surface area (Å²) in [4.78, 5) is 38.4. The Morgan fingerprint density at radius 2 is 1.73 bits per heavy atom. The Morgan fingerprint density at radius 1 is 1.03 bits per heavy atom. The molecule has 30 heavy (non-hydrogen) atoms. The number of anilines is 1. The normalized spacial score (nSPS) is 10.2. The smallest absolute Gasteiger partial charge is 0.285 e. The van der Waals surface area contributed by atoms with Crippen LogP contribution < -0.4 is 15.4 Å². The lowest BCUT2D eigenvalue weighted by Gasteiger charge is -2.11. The molecule has 0 radical (unpaired) electrons. The average Bonchev–Trinajstić information content (AvgIpc) is 2.73. The molecule has 0 unspecified atom stereocenters. The van der Waals surface area contributed by atoms with Crippen molar-refractivity contribution in [3.05, 3.63) is 54.1 Å². The highest BCUT2D eigenvalue weighted by atomic mass is 32.2. The number of para-hydroxylation sites is 1. The molecule has 0 bridgehead atoms. The van der Waals surface area contributed by atoms with Crippen molar-refractivity contribution in [1.29, 1.82) is 0 Å². The van der Waals surface area contributed by atoms with E-state index in [1.165, 1.54) is 4.90 Å². The molecule has 0 aliphatic rings. The van der Waals surface area contributed by atoms with Crippen LogP contribution in [0.3, 0.4) is 0 Å². The first-order valence-electron chi connectivity index (χ1n) is 9.69. The summed E-state index contributed by atoms with van der Waals surface area (Å²) in [7, 11) is 3.40. The van der Waals surface area contributed by atoms with Crippen molar-refractivity contribution in [1.82, 2.24) is 10.2 Å². The van der Waals surface area contributed by atoms with E-state index in [0.717, 1.165) is 16.7 Å². The summed E-state index contributed by atoms with van der Waals surface area (Å²) in [6, 6.07) is 14.2. The quantitative estimate of drug-likeness (QED) is 0.465. The predicted octanol–water partition coefficient (Wildman–Crippen LogP) is 4.01. The monoisotopic (exact) mass is 429 g/mol. The molecule has 0 fully saturated rings. The van der Waals surface area contributed by atoms with Crippen LogP contribution in [-0.4, -0.2) is 49.2 Å². The highest BCUT2D eigenvalue weighted by molar-refractivity contribution is 8.13. The molecule has 0 spiro atoms. The average molecular weight is 430 g/mol. The third kappa shape index (κ3) is 7.44. The first-order chi connectivity index (χ1) is 14.4. The molecule has 2 N–H and O–H groups in total. The number of ether oxygens (including phenoxy) is 1. The molecule has 7 nitrogen and oxygen atoms in total. The zero-order valence-corrected chi connectivity index (χ0v) is 18.3. The van der Waals surface area contributed by atoms with Crippen LogP contribution in [0, 0.1) is 0 Å². The third-order valence-corrected chi connectivity index (χ3v) is 5.05. The molecule has 0 aliphatic heterocycles. The summed E-state index contributed by atoms with van der Waals surface area (Å²) in [6.45, 7) is 2.73. The molecule has 2 aromatic rings. The SMILES string of the molecule is CCOc1ccccc1C(=O)NCCCC(=O)Nc1ccc(SC(=O)N(C)C)cc1. The van der Waals surface area contributed by atoms with Crippen LogP contribution >= 0.6 is 11.8 Å². The number of rotatable bonds is 9. The van der Waals surface area contributed by atoms with Gasteiger partial charge >= 0.3 is 0 Å². The summed E-state index contributed by atoms with van der Waals surface area (Å²) >= 11 is 1.13. The molecular formula is C22H27N3O4S. The number of benzene rings is 2. The fourth-order valence-electron chi connectivity index (χ4n) is 2.50. The molecule has 0 aliphatic carbocycles. The highest BCUT2D eigenvalue weighted by Crippen LogP contribution is 2.22. The first kappa shape index (κ1) is 23.3. The molecule has 0 aromatic heterocycles. The van der Waals surface area contributed by atoms with E-state index in [1.54, 1.807) is 56.6 Å². The Bertz CT molecular complexity index is 869. The Hall–Kier alpha value is -3.00. The van der Waals surface area contributed by atoms with Crippen molar-refractivity contribution < 1.29 is 19.1 Å². The van der Waals surface area contributed by atoms with Crippen molar-refractivity contribution >= 4 is 34.5 Å². The van der Waals surface area contributed by atoms with Gasteiger partial charge in [-0.15, -0.1) is 0 Å². The minimum absolute atomic E-state index is 0.0577. The van der Waals surface area contributed by atoms with Crippen molar-refractivity contribution in [3.8, 4) is 5.75 Å². The number of carbonyl (C=O) groups excluding carboxylic acids is 3. The van der Waals surface area contributed by atoms with E-state index in [0.29, 0.717) is 36.6 Å². The molecule has 0 saturated carbocycles. The van der Waals surface area contributed by atoms with Gasteiger partial charge in [0, 0.05) is 37.6 Å². The van der Waals surface area contributed by atoms with Gasteiger partial charge < -0.3 is 20.3 Å². The topological polar surface area (TPSA) is 87.7 Å². The fourth-order valence-corrected chi connectivity index (χ4v) is 3.16. The summed E-state index contributed by atoms with van der Waals surface area (Å²) < 4.78 is 5.46. The van der Waals surface area contributed by atoms with Crippen LogP contribution in [-0.2, 0) is 4.79 Å². The van der Waals surface area contributed by atoms with Gasteiger partial charge in [0.2, 0.25) is 5.91 Å². The van der Waals surface area contributed by atoms with Crippen LogP contribution in [0.5, 0.6) is 5.75 Å². The zero-order chi connectivity index (χ0) is 21.9. The molecule has 8 heteroatoms. The molecule has 2 aromatic carbocycles.